The largest absolute Gasteiger partial charge is 0.480 e. The Balaban J connectivity index is 2.92. The van der Waals surface area contributed by atoms with E-state index in [2.05, 4.69) is 0 Å². The van der Waals surface area contributed by atoms with Crippen molar-refractivity contribution in [3.05, 3.63) is 35.9 Å². The van der Waals surface area contributed by atoms with Gasteiger partial charge in [-0.2, -0.15) is 0 Å². The fourth-order valence-corrected chi connectivity index (χ4v) is 1.59. The minimum absolute atomic E-state index is 0.200. The van der Waals surface area contributed by atoms with Crippen molar-refractivity contribution in [3.63, 3.8) is 0 Å². The maximum atomic E-state index is 12.3. The first-order chi connectivity index (χ1) is 8.28. The lowest BCUT2D eigenvalue weighted by atomic mass is 9.96. The zero-order valence-electron chi connectivity index (χ0n) is 11.2. The summed E-state index contributed by atoms with van der Waals surface area (Å²) >= 11 is 0. The molecule has 0 aliphatic heterocycles. The number of carbonyl (C=O) groups is 2. The Bertz CT molecular complexity index is 440. The molecule has 0 fully saturated rings. The summed E-state index contributed by atoms with van der Waals surface area (Å²) < 4.78 is 0. The number of likely N-dealkylation sites (N-methyl/N-ethyl adjacent to an activating group) is 1. The van der Waals surface area contributed by atoms with E-state index in [-0.39, 0.29) is 11.8 Å². The van der Waals surface area contributed by atoms with E-state index in [0.717, 1.165) is 5.56 Å². The topological polar surface area (TPSA) is 57.6 Å². The number of nitrogens with zero attached hydrogens (tertiary/aromatic N) is 1. The highest BCUT2D eigenvalue weighted by Gasteiger charge is 2.36. The van der Waals surface area contributed by atoms with Crippen molar-refractivity contribution in [1.29, 1.82) is 0 Å². The third-order valence-corrected chi connectivity index (χ3v) is 3.36. The first kappa shape index (κ1) is 14.2. The second kappa shape index (κ2) is 5.21. The van der Waals surface area contributed by atoms with E-state index in [1.807, 2.05) is 30.3 Å². The van der Waals surface area contributed by atoms with Gasteiger partial charge < -0.3 is 10.0 Å². The highest BCUT2D eigenvalue weighted by molar-refractivity contribution is 5.89. The van der Waals surface area contributed by atoms with Gasteiger partial charge in [-0.1, -0.05) is 30.3 Å². The molecule has 0 spiro atoms. The van der Waals surface area contributed by atoms with Crippen LogP contribution in [0, 0.1) is 0 Å². The Hall–Kier alpha value is -1.84. The quantitative estimate of drug-likeness (QED) is 0.889. The second-order valence-corrected chi connectivity index (χ2v) is 4.89. The number of carboxylic acids is 1. The number of amides is 1. The van der Waals surface area contributed by atoms with E-state index >= 15 is 0 Å². The predicted octanol–water partition coefficient (Wildman–Crippen LogP) is 2.11. The van der Waals surface area contributed by atoms with Crippen LogP contribution in [-0.2, 0) is 9.59 Å². The van der Waals surface area contributed by atoms with E-state index in [4.69, 9.17) is 5.11 Å². The van der Waals surface area contributed by atoms with Crippen molar-refractivity contribution in [3.8, 4) is 0 Å². The van der Waals surface area contributed by atoms with Crippen LogP contribution < -0.4 is 0 Å². The van der Waals surface area contributed by atoms with Gasteiger partial charge in [0.2, 0.25) is 5.91 Å². The van der Waals surface area contributed by atoms with Crippen molar-refractivity contribution in [1.82, 2.24) is 4.90 Å². The molecule has 4 nitrogen and oxygen atoms in total. The van der Waals surface area contributed by atoms with Gasteiger partial charge in [-0.15, -0.1) is 0 Å². The zero-order chi connectivity index (χ0) is 13.9. The lowest BCUT2D eigenvalue weighted by Crippen LogP contribution is -2.51. The monoisotopic (exact) mass is 249 g/mol. The van der Waals surface area contributed by atoms with Crippen LogP contribution in [0.2, 0.25) is 0 Å². The minimum atomic E-state index is -1.21. The van der Waals surface area contributed by atoms with Gasteiger partial charge in [0.25, 0.3) is 0 Å². The summed E-state index contributed by atoms with van der Waals surface area (Å²) in [5.74, 6) is -1.57. The summed E-state index contributed by atoms with van der Waals surface area (Å²) in [7, 11) is 1.52. The standard InChI is InChI=1S/C14H19NO3/c1-10(11-8-6-5-7-9-11)12(16)15(4)14(2,3)13(17)18/h5-10H,1-4H3,(H,17,18)/t10-/m1/s1. The number of hydrogen-bond acceptors (Lipinski definition) is 2. The second-order valence-electron chi connectivity index (χ2n) is 4.89. The van der Waals surface area contributed by atoms with Crippen LogP contribution >= 0.6 is 0 Å². The molecule has 4 heteroatoms. The van der Waals surface area contributed by atoms with Gasteiger partial charge in [0.05, 0.1) is 5.92 Å². The number of carbonyl (C=O) groups excluding carboxylic acids is 1. The van der Waals surface area contributed by atoms with Crippen molar-refractivity contribution >= 4 is 11.9 Å². The number of rotatable bonds is 4. The van der Waals surface area contributed by atoms with Crippen molar-refractivity contribution in [2.24, 2.45) is 0 Å². The Kier molecular flexibility index (Phi) is 4.11. The van der Waals surface area contributed by atoms with Gasteiger partial charge in [-0.05, 0) is 26.3 Å². The van der Waals surface area contributed by atoms with Gasteiger partial charge in [0, 0.05) is 7.05 Å². The first-order valence-corrected chi connectivity index (χ1v) is 5.84. The van der Waals surface area contributed by atoms with Crippen molar-refractivity contribution < 1.29 is 14.7 Å². The zero-order valence-corrected chi connectivity index (χ0v) is 11.2. The molecule has 1 aromatic carbocycles. The fraction of sp³-hybridized carbons (Fsp3) is 0.429. The Labute approximate surface area is 107 Å². The van der Waals surface area contributed by atoms with Gasteiger partial charge in [-0.25, -0.2) is 4.79 Å². The minimum Gasteiger partial charge on any atom is -0.480 e. The maximum Gasteiger partial charge on any atom is 0.329 e. The summed E-state index contributed by atoms with van der Waals surface area (Å²) in [5, 5.41) is 9.12. The molecule has 0 saturated carbocycles. The molecule has 0 aliphatic carbocycles. The Morgan fingerprint density at radius 1 is 1.22 bits per heavy atom. The third-order valence-electron chi connectivity index (χ3n) is 3.36. The van der Waals surface area contributed by atoms with Crippen LogP contribution in [-0.4, -0.2) is 34.5 Å². The van der Waals surface area contributed by atoms with Gasteiger partial charge >= 0.3 is 5.97 Å². The Morgan fingerprint density at radius 2 is 1.72 bits per heavy atom. The molecule has 1 rings (SSSR count). The van der Waals surface area contributed by atoms with E-state index in [0.29, 0.717) is 0 Å². The molecule has 0 bridgehead atoms. The van der Waals surface area contributed by atoms with E-state index in [9.17, 15) is 9.59 Å². The lowest BCUT2D eigenvalue weighted by Gasteiger charge is -2.33. The van der Waals surface area contributed by atoms with Crippen LogP contribution in [0.5, 0.6) is 0 Å². The van der Waals surface area contributed by atoms with Crippen molar-refractivity contribution in [2.45, 2.75) is 32.2 Å². The molecule has 0 aromatic heterocycles. The summed E-state index contributed by atoms with van der Waals surface area (Å²) in [4.78, 5) is 24.7. The molecule has 1 atom stereocenters. The van der Waals surface area contributed by atoms with E-state index in [1.54, 1.807) is 6.92 Å². The normalized spacial score (nSPS) is 12.9. The highest BCUT2D eigenvalue weighted by Crippen LogP contribution is 2.22. The number of aliphatic carboxylic acids is 1. The molecule has 0 saturated heterocycles. The predicted molar refractivity (Wildman–Crippen MR) is 69.3 cm³/mol. The molecule has 0 radical (unpaired) electrons. The van der Waals surface area contributed by atoms with Crippen LogP contribution in [0.25, 0.3) is 0 Å². The molecule has 1 N–H and O–H groups in total. The molecular weight excluding hydrogens is 230 g/mol. The summed E-state index contributed by atoms with van der Waals surface area (Å²) in [6.07, 6.45) is 0. The fourth-order valence-electron chi connectivity index (χ4n) is 1.59. The first-order valence-electron chi connectivity index (χ1n) is 5.84. The molecule has 98 valence electrons. The molecule has 0 heterocycles. The highest BCUT2D eigenvalue weighted by atomic mass is 16.4. The van der Waals surface area contributed by atoms with E-state index < -0.39 is 11.5 Å². The molecule has 18 heavy (non-hydrogen) atoms. The maximum absolute atomic E-state index is 12.3. The average Bonchev–Trinajstić information content (AvgIpc) is 2.36. The molecular formula is C14H19NO3. The van der Waals surface area contributed by atoms with Crippen LogP contribution in [0.1, 0.15) is 32.3 Å². The molecule has 0 unspecified atom stereocenters. The van der Waals surface area contributed by atoms with E-state index in [1.165, 1.54) is 25.8 Å². The number of carboxylic acid groups (broad SMARTS) is 1. The smallest absolute Gasteiger partial charge is 0.329 e. The van der Waals surface area contributed by atoms with Crippen LogP contribution in [0.3, 0.4) is 0 Å². The number of benzene rings is 1. The molecule has 0 aliphatic rings. The van der Waals surface area contributed by atoms with Gasteiger partial charge in [0.15, 0.2) is 0 Å². The van der Waals surface area contributed by atoms with Gasteiger partial charge in [0.1, 0.15) is 5.54 Å². The van der Waals surface area contributed by atoms with Gasteiger partial charge in [-0.3, -0.25) is 4.79 Å². The number of hydrogen-bond donors (Lipinski definition) is 1. The summed E-state index contributed by atoms with van der Waals surface area (Å²) in [6.45, 7) is 4.82. The third kappa shape index (κ3) is 2.70. The van der Waals surface area contributed by atoms with Crippen LogP contribution in [0.15, 0.2) is 30.3 Å². The SMILES string of the molecule is C[C@@H](C(=O)N(C)C(C)(C)C(=O)O)c1ccccc1. The average molecular weight is 249 g/mol. The van der Waals surface area contributed by atoms with Crippen LogP contribution in [0.4, 0.5) is 0 Å². The van der Waals surface area contributed by atoms with Crippen molar-refractivity contribution in [2.75, 3.05) is 7.05 Å². The summed E-state index contributed by atoms with van der Waals surface area (Å²) in [6, 6.07) is 9.34. The molecule has 1 aromatic rings. The molecule has 1 amide bonds. The Morgan fingerprint density at radius 3 is 2.17 bits per heavy atom. The summed E-state index contributed by atoms with van der Waals surface area (Å²) in [5.41, 5.74) is -0.323. The lowest BCUT2D eigenvalue weighted by molar-refractivity contribution is -0.155.